The van der Waals surface area contributed by atoms with Crippen molar-refractivity contribution in [3.05, 3.63) is 17.6 Å². The lowest BCUT2D eigenvalue weighted by Crippen LogP contribution is -2.40. The van der Waals surface area contributed by atoms with Crippen LogP contribution in [-0.4, -0.2) is 77.2 Å². The highest BCUT2D eigenvalue weighted by Crippen LogP contribution is 2.24. The fourth-order valence-electron chi connectivity index (χ4n) is 3.40. The molecular weight excluding hydrogens is 294 g/mol. The standard InChI is InChI=1S/C16H25N5O2/c1-19-7-5-14-13(10-19)16(18-11-17-14)20(2)8-12(22)9-21-6-3-4-15(21)23/h11-12,22H,3-10H2,1-2H3. The smallest absolute Gasteiger partial charge is 0.222 e. The summed E-state index contributed by atoms with van der Waals surface area (Å²) in [5.41, 5.74) is 2.25. The highest BCUT2D eigenvalue weighted by atomic mass is 16.3. The molecule has 0 radical (unpaired) electrons. The van der Waals surface area contributed by atoms with Gasteiger partial charge in [0.1, 0.15) is 12.1 Å². The highest BCUT2D eigenvalue weighted by molar-refractivity contribution is 5.78. The fraction of sp³-hybridized carbons (Fsp3) is 0.688. The molecule has 0 aromatic carbocycles. The van der Waals surface area contributed by atoms with Gasteiger partial charge in [0.05, 0.1) is 11.8 Å². The molecule has 1 amide bonds. The number of carbonyl (C=O) groups excluding carboxylic acids is 1. The van der Waals surface area contributed by atoms with Crippen LogP contribution in [0.4, 0.5) is 5.82 Å². The quantitative estimate of drug-likeness (QED) is 0.816. The van der Waals surface area contributed by atoms with Crippen molar-refractivity contribution in [2.75, 3.05) is 45.2 Å². The van der Waals surface area contributed by atoms with Gasteiger partial charge < -0.3 is 19.8 Å². The van der Waals surface area contributed by atoms with Gasteiger partial charge in [-0.2, -0.15) is 0 Å². The Kier molecular flexibility index (Phi) is 4.77. The Morgan fingerprint density at radius 1 is 1.35 bits per heavy atom. The molecule has 1 saturated heterocycles. The molecule has 23 heavy (non-hydrogen) atoms. The van der Waals surface area contributed by atoms with E-state index in [1.165, 1.54) is 0 Å². The number of amides is 1. The monoisotopic (exact) mass is 319 g/mol. The molecule has 3 heterocycles. The summed E-state index contributed by atoms with van der Waals surface area (Å²) in [4.78, 5) is 26.5. The predicted molar refractivity (Wildman–Crippen MR) is 87.2 cm³/mol. The maximum absolute atomic E-state index is 11.7. The molecule has 1 fully saturated rings. The van der Waals surface area contributed by atoms with Crippen molar-refractivity contribution in [1.82, 2.24) is 19.8 Å². The van der Waals surface area contributed by atoms with Gasteiger partial charge in [0.15, 0.2) is 0 Å². The van der Waals surface area contributed by atoms with Crippen LogP contribution >= 0.6 is 0 Å². The molecule has 0 bridgehead atoms. The van der Waals surface area contributed by atoms with Gasteiger partial charge in [-0.05, 0) is 13.5 Å². The SMILES string of the molecule is CN1CCc2ncnc(N(C)CC(O)CN3CCCC3=O)c2C1. The van der Waals surface area contributed by atoms with Crippen molar-refractivity contribution in [2.24, 2.45) is 0 Å². The summed E-state index contributed by atoms with van der Waals surface area (Å²) in [6.45, 7) is 3.45. The van der Waals surface area contributed by atoms with Crippen molar-refractivity contribution in [3.8, 4) is 0 Å². The number of rotatable bonds is 5. The van der Waals surface area contributed by atoms with Crippen molar-refractivity contribution in [2.45, 2.75) is 31.9 Å². The molecule has 1 atom stereocenters. The maximum atomic E-state index is 11.7. The second-order valence-electron chi connectivity index (χ2n) is 6.59. The molecule has 1 unspecified atom stereocenters. The molecule has 3 rings (SSSR count). The topological polar surface area (TPSA) is 72.8 Å². The largest absolute Gasteiger partial charge is 0.389 e. The maximum Gasteiger partial charge on any atom is 0.222 e. The Morgan fingerprint density at radius 3 is 2.91 bits per heavy atom. The summed E-state index contributed by atoms with van der Waals surface area (Å²) in [5.74, 6) is 1.03. The van der Waals surface area contributed by atoms with E-state index in [0.29, 0.717) is 19.5 Å². The molecule has 0 aliphatic carbocycles. The Labute approximate surface area is 136 Å². The zero-order valence-corrected chi connectivity index (χ0v) is 13.9. The first-order valence-corrected chi connectivity index (χ1v) is 8.23. The summed E-state index contributed by atoms with van der Waals surface area (Å²) in [7, 11) is 4.03. The van der Waals surface area contributed by atoms with E-state index in [-0.39, 0.29) is 5.91 Å². The highest BCUT2D eigenvalue weighted by Gasteiger charge is 2.25. The number of aliphatic hydroxyl groups excluding tert-OH is 1. The number of β-amino-alcohol motifs (C(OH)–C–C–N with tert-alkyl or cyclic N) is 1. The van der Waals surface area contributed by atoms with Crippen molar-refractivity contribution >= 4 is 11.7 Å². The number of carbonyl (C=O) groups is 1. The number of nitrogens with zero attached hydrogens (tertiary/aromatic N) is 5. The van der Waals surface area contributed by atoms with Crippen LogP contribution in [0.25, 0.3) is 0 Å². The summed E-state index contributed by atoms with van der Waals surface area (Å²) in [6, 6.07) is 0. The third-order valence-electron chi connectivity index (χ3n) is 4.62. The van der Waals surface area contributed by atoms with E-state index in [0.717, 1.165) is 49.6 Å². The molecule has 7 nitrogen and oxygen atoms in total. The molecule has 0 spiro atoms. The summed E-state index contributed by atoms with van der Waals surface area (Å²) >= 11 is 0. The minimum atomic E-state index is -0.575. The number of likely N-dealkylation sites (N-methyl/N-ethyl adjacent to an activating group) is 2. The van der Waals surface area contributed by atoms with Gasteiger partial charge in [0, 0.05) is 58.2 Å². The van der Waals surface area contributed by atoms with Gasteiger partial charge in [-0.1, -0.05) is 0 Å². The molecule has 1 aromatic rings. The van der Waals surface area contributed by atoms with Crippen LogP contribution in [0, 0.1) is 0 Å². The molecule has 0 saturated carbocycles. The van der Waals surface area contributed by atoms with Crippen molar-refractivity contribution in [3.63, 3.8) is 0 Å². The van der Waals surface area contributed by atoms with Gasteiger partial charge in [-0.15, -0.1) is 0 Å². The van der Waals surface area contributed by atoms with Gasteiger partial charge >= 0.3 is 0 Å². The first kappa shape index (κ1) is 16.1. The lowest BCUT2D eigenvalue weighted by atomic mass is 10.1. The van der Waals surface area contributed by atoms with Crippen LogP contribution in [0.15, 0.2) is 6.33 Å². The number of anilines is 1. The predicted octanol–water partition coefficient (Wildman–Crippen LogP) is -0.116. The zero-order valence-electron chi connectivity index (χ0n) is 13.9. The van der Waals surface area contributed by atoms with Crippen LogP contribution in [0.5, 0.6) is 0 Å². The van der Waals surface area contributed by atoms with Crippen molar-refractivity contribution < 1.29 is 9.90 Å². The molecular formula is C16H25N5O2. The molecule has 7 heteroatoms. The van der Waals surface area contributed by atoms with Crippen LogP contribution in [0.3, 0.4) is 0 Å². The summed E-state index contributed by atoms with van der Waals surface area (Å²) < 4.78 is 0. The van der Waals surface area contributed by atoms with Crippen molar-refractivity contribution in [1.29, 1.82) is 0 Å². The number of fused-ring (bicyclic) bond motifs is 1. The van der Waals surface area contributed by atoms with Gasteiger partial charge in [-0.25, -0.2) is 9.97 Å². The molecule has 1 aromatic heterocycles. The number of likely N-dealkylation sites (tertiary alicyclic amines) is 1. The lowest BCUT2D eigenvalue weighted by Gasteiger charge is -2.30. The number of hydrogen-bond donors (Lipinski definition) is 1. The minimum absolute atomic E-state index is 0.146. The van der Waals surface area contributed by atoms with E-state index < -0.39 is 6.10 Å². The number of hydrogen-bond acceptors (Lipinski definition) is 6. The Balaban J connectivity index is 1.66. The van der Waals surface area contributed by atoms with Crippen LogP contribution in [0.2, 0.25) is 0 Å². The first-order valence-electron chi connectivity index (χ1n) is 8.23. The molecule has 2 aliphatic rings. The van der Waals surface area contributed by atoms with Gasteiger partial charge in [0.2, 0.25) is 5.91 Å². The fourth-order valence-corrected chi connectivity index (χ4v) is 3.40. The minimum Gasteiger partial charge on any atom is -0.389 e. The van der Waals surface area contributed by atoms with E-state index in [1.54, 1.807) is 11.2 Å². The van der Waals surface area contributed by atoms with E-state index in [9.17, 15) is 9.90 Å². The number of aromatic nitrogens is 2. The van der Waals surface area contributed by atoms with Crippen LogP contribution < -0.4 is 4.90 Å². The Morgan fingerprint density at radius 2 is 2.17 bits per heavy atom. The van der Waals surface area contributed by atoms with Crippen LogP contribution in [0.1, 0.15) is 24.1 Å². The first-order chi connectivity index (χ1) is 11.0. The number of aliphatic hydroxyl groups is 1. The van der Waals surface area contributed by atoms with E-state index in [1.807, 2.05) is 11.9 Å². The van der Waals surface area contributed by atoms with Gasteiger partial charge in [0.25, 0.3) is 0 Å². The third kappa shape index (κ3) is 3.61. The second-order valence-corrected chi connectivity index (χ2v) is 6.59. The lowest BCUT2D eigenvalue weighted by molar-refractivity contribution is -0.128. The average Bonchev–Trinajstić information content (AvgIpc) is 2.91. The van der Waals surface area contributed by atoms with E-state index in [4.69, 9.17) is 0 Å². The van der Waals surface area contributed by atoms with E-state index >= 15 is 0 Å². The third-order valence-corrected chi connectivity index (χ3v) is 4.62. The normalized spacial score (nSPS) is 19.8. The summed E-state index contributed by atoms with van der Waals surface area (Å²) in [5, 5.41) is 10.3. The second kappa shape index (κ2) is 6.80. The Bertz CT molecular complexity index is 580. The average molecular weight is 319 g/mol. The molecule has 2 aliphatic heterocycles. The molecule has 126 valence electrons. The van der Waals surface area contributed by atoms with E-state index in [2.05, 4.69) is 21.9 Å². The summed E-state index contributed by atoms with van der Waals surface area (Å²) in [6.07, 6.45) is 3.46. The zero-order chi connectivity index (χ0) is 16.4. The Hall–Kier alpha value is -1.73. The molecule has 1 N–H and O–H groups in total. The van der Waals surface area contributed by atoms with Crippen LogP contribution in [-0.2, 0) is 17.8 Å². The van der Waals surface area contributed by atoms with Gasteiger partial charge in [-0.3, -0.25) is 4.79 Å².